The third kappa shape index (κ3) is 4.92. The predicted octanol–water partition coefficient (Wildman–Crippen LogP) is 4.70. The number of hydrogen-bond donors (Lipinski definition) is 1. The van der Waals surface area contributed by atoms with Gasteiger partial charge in [0.25, 0.3) is 0 Å². The number of thiazole rings is 1. The molecule has 4 aromatic rings. The molecule has 0 saturated carbocycles. The summed E-state index contributed by atoms with van der Waals surface area (Å²) < 4.78 is 36.9. The van der Waals surface area contributed by atoms with Crippen molar-refractivity contribution >= 4 is 28.6 Å². The van der Waals surface area contributed by atoms with Gasteiger partial charge >= 0.3 is 0 Å². The Bertz CT molecular complexity index is 1530. The number of pyridine rings is 1. The van der Waals surface area contributed by atoms with Gasteiger partial charge in [-0.2, -0.15) is 5.10 Å². The summed E-state index contributed by atoms with van der Waals surface area (Å²) in [5.74, 6) is -2.40. The Morgan fingerprint density at radius 1 is 1.21 bits per heavy atom. The maximum Gasteiger partial charge on any atom is 0.223 e. The number of hydrogen-bond acceptors (Lipinski definition) is 8. The molecule has 0 fully saturated rings. The number of anilines is 1. The van der Waals surface area contributed by atoms with Crippen molar-refractivity contribution in [3.63, 3.8) is 0 Å². The second kappa shape index (κ2) is 10.8. The summed E-state index contributed by atoms with van der Waals surface area (Å²) in [4.78, 5) is 26.3. The fourth-order valence-corrected chi connectivity index (χ4v) is 5.29. The van der Waals surface area contributed by atoms with Crippen LogP contribution in [0.4, 0.5) is 13.9 Å². The summed E-state index contributed by atoms with van der Waals surface area (Å²) in [6.45, 7) is 3.79. The maximum absolute atomic E-state index is 15.5. The highest BCUT2D eigenvalue weighted by atomic mass is 32.1. The largest absolute Gasteiger partial charge is 0.393 e. The van der Waals surface area contributed by atoms with E-state index in [0.717, 1.165) is 33.6 Å². The van der Waals surface area contributed by atoms with Gasteiger partial charge in [-0.3, -0.25) is 9.78 Å². The van der Waals surface area contributed by atoms with Gasteiger partial charge in [0, 0.05) is 42.6 Å². The van der Waals surface area contributed by atoms with Crippen LogP contribution in [0.25, 0.3) is 27.5 Å². The molecule has 0 atom stereocenters. The van der Waals surface area contributed by atoms with E-state index in [2.05, 4.69) is 20.4 Å². The van der Waals surface area contributed by atoms with Crippen molar-refractivity contribution in [1.82, 2.24) is 19.7 Å². The van der Waals surface area contributed by atoms with E-state index in [1.54, 1.807) is 6.20 Å². The number of benzene rings is 1. The molecule has 3 heterocycles. The zero-order valence-corrected chi connectivity index (χ0v) is 21.7. The van der Waals surface area contributed by atoms with Crippen LogP contribution in [-0.2, 0) is 27.2 Å². The Hall–Kier alpha value is -4.03. The number of amides is 1. The molecule has 0 bridgehead atoms. The second-order valence-electron chi connectivity index (χ2n) is 8.61. The SMILES string of the molecule is COCCON=Cc1ccc(-n2nc(-c3ccc(C)nc3)c3c2-c2sc(NC(C)=O)nc2CC3)c(F)c1F. The molecule has 5 rings (SSSR count). The summed E-state index contributed by atoms with van der Waals surface area (Å²) in [6.07, 6.45) is 4.03. The van der Waals surface area contributed by atoms with Crippen LogP contribution in [0.15, 0.2) is 35.6 Å². The first-order chi connectivity index (χ1) is 18.4. The minimum Gasteiger partial charge on any atom is -0.393 e. The Kier molecular flexibility index (Phi) is 7.25. The lowest BCUT2D eigenvalue weighted by Crippen LogP contribution is -2.09. The van der Waals surface area contributed by atoms with Crippen molar-refractivity contribution in [3.05, 3.63) is 64.6 Å². The molecule has 0 radical (unpaired) electrons. The van der Waals surface area contributed by atoms with E-state index in [9.17, 15) is 4.79 Å². The monoisotopic (exact) mass is 538 g/mol. The number of carbonyl (C=O) groups excluding carboxylic acids is 1. The van der Waals surface area contributed by atoms with Crippen molar-refractivity contribution in [3.8, 4) is 27.5 Å². The lowest BCUT2D eigenvalue weighted by Gasteiger charge is -2.15. The van der Waals surface area contributed by atoms with Gasteiger partial charge in [0.05, 0.1) is 34.8 Å². The van der Waals surface area contributed by atoms with Crippen LogP contribution in [0.3, 0.4) is 0 Å². The molecule has 0 spiro atoms. The maximum atomic E-state index is 15.5. The molecule has 38 heavy (non-hydrogen) atoms. The van der Waals surface area contributed by atoms with Gasteiger partial charge in [0.15, 0.2) is 16.8 Å². The van der Waals surface area contributed by atoms with Gasteiger partial charge in [0.2, 0.25) is 5.91 Å². The summed E-state index contributed by atoms with van der Waals surface area (Å²) in [5.41, 5.74) is 4.35. The van der Waals surface area contributed by atoms with Crippen molar-refractivity contribution < 1.29 is 23.1 Å². The van der Waals surface area contributed by atoms with Crippen molar-refractivity contribution in [2.75, 3.05) is 25.6 Å². The molecule has 0 unspecified atom stereocenters. The van der Waals surface area contributed by atoms with E-state index in [1.807, 2.05) is 19.1 Å². The zero-order chi connectivity index (χ0) is 26.8. The summed E-state index contributed by atoms with van der Waals surface area (Å²) in [6, 6.07) is 6.64. The molecule has 1 N–H and O–H groups in total. The highest BCUT2D eigenvalue weighted by molar-refractivity contribution is 7.19. The molecule has 9 nitrogen and oxygen atoms in total. The number of methoxy groups -OCH3 is 1. The molecular formula is C26H24F2N6O3S. The molecule has 1 aromatic carbocycles. The lowest BCUT2D eigenvalue weighted by atomic mass is 9.95. The summed E-state index contributed by atoms with van der Waals surface area (Å²) in [7, 11) is 1.52. The summed E-state index contributed by atoms with van der Waals surface area (Å²) >= 11 is 1.27. The van der Waals surface area contributed by atoms with Crippen molar-refractivity contribution in [2.45, 2.75) is 26.7 Å². The van der Waals surface area contributed by atoms with Crippen LogP contribution in [0.2, 0.25) is 0 Å². The molecule has 0 saturated heterocycles. The number of rotatable bonds is 8. The standard InChI is InChI=1S/C26H24F2N6O3S/c1-14-4-5-17(12-29-14)23-18-7-8-19-25(38-26(32-19)31-15(2)35)24(18)34(33-23)20-9-6-16(21(27)22(20)28)13-30-37-11-10-36-3/h4-6,9,12-13H,7-8,10-11H2,1-3H3,(H,31,32,35). The number of nitrogens with zero attached hydrogens (tertiary/aromatic N) is 5. The quantitative estimate of drug-likeness (QED) is 0.198. The number of carbonyl (C=O) groups is 1. The van der Waals surface area contributed by atoms with E-state index < -0.39 is 11.6 Å². The number of aromatic nitrogens is 4. The first kappa shape index (κ1) is 25.6. The van der Waals surface area contributed by atoms with Gasteiger partial charge in [0.1, 0.15) is 12.3 Å². The predicted molar refractivity (Wildman–Crippen MR) is 140 cm³/mol. The fourth-order valence-electron chi connectivity index (χ4n) is 4.17. The molecular weight excluding hydrogens is 514 g/mol. The minimum absolute atomic E-state index is 0.0650. The van der Waals surface area contributed by atoms with Gasteiger partial charge in [-0.15, -0.1) is 0 Å². The molecule has 12 heteroatoms. The Morgan fingerprint density at radius 2 is 2.05 bits per heavy atom. The van der Waals surface area contributed by atoms with Crippen molar-refractivity contribution in [1.29, 1.82) is 0 Å². The minimum atomic E-state index is -1.08. The van der Waals surface area contributed by atoms with Crippen LogP contribution < -0.4 is 5.32 Å². The smallest absolute Gasteiger partial charge is 0.223 e. The molecule has 196 valence electrons. The van der Waals surface area contributed by atoms with Crippen LogP contribution in [0.5, 0.6) is 0 Å². The molecule has 1 aliphatic rings. The van der Waals surface area contributed by atoms with E-state index in [4.69, 9.17) is 14.7 Å². The van der Waals surface area contributed by atoms with Gasteiger partial charge in [-0.1, -0.05) is 16.5 Å². The highest BCUT2D eigenvalue weighted by Gasteiger charge is 2.31. The number of halogens is 2. The molecule has 0 aliphatic heterocycles. The molecule has 3 aromatic heterocycles. The first-order valence-electron chi connectivity index (χ1n) is 11.8. The second-order valence-corrected chi connectivity index (χ2v) is 9.61. The Morgan fingerprint density at radius 3 is 2.79 bits per heavy atom. The molecule has 1 amide bonds. The van der Waals surface area contributed by atoms with E-state index in [0.29, 0.717) is 36.0 Å². The number of nitrogens with one attached hydrogen (secondary N) is 1. The Labute approximate surface area is 221 Å². The number of fused-ring (bicyclic) bond motifs is 3. The van der Waals surface area contributed by atoms with Crippen molar-refractivity contribution in [2.24, 2.45) is 5.16 Å². The molecule has 1 aliphatic carbocycles. The van der Waals surface area contributed by atoms with Crippen LogP contribution in [0, 0.1) is 18.6 Å². The normalized spacial score (nSPS) is 12.4. The van der Waals surface area contributed by atoms with Gasteiger partial charge in [-0.05, 0) is 44.0 Å². The number of oxime groups is 1. The van der Waals surface area contributed by atoms with E-state index in [1.165, 1.54) is 42.2 Å². The van der Waals surface area contributed by atoms with E-state index in [-0.39, 0.29) is 23.8 Å². The first-order valence-corrected chi connectivity index (χ1v) is 12.6. The topological polar surface area (TPSA) is 104 Å². The average Bonchev–Trinajstić information content (AvgIpc) is 3.47. The fraction of sp³-hybridized carbons (Fsp3) is 0.269. The van der Waals surface area contributed by atoms with Crippen LogP contribution in [-0.4, -0.2) is 52.2 Å². The number of ether oxygens (including phenoxy) is 1. The average molecular weight is 539 g/mol. The lowest BCUT2D eigenvalue weighted by molar-refractivity contribution is -0.114. The van der Waals surface area contributed by atoms with E-state index >= 15 is 8.78 Å². The third-order valence-electron chi connectivity index (χ3n) is 5.94. The number of aryl methyl sites for hydroxylation is 2. The van der Waals surface area contributed by atoms with Gasteiger partial charge < -0.3 is 14.9 Å². The summed E-state index contributed by atoms with van der Waals surface area (Å²) in [5, 5.41) is 11.6. The third-order valence-corrected chi connectivity index (χ3v) is 6.96. The Balaban J connectivity index is 1.63. The van der Waals surface area contributed by atoms with Crippen LogP contribution in [0.1, 0.15) is 29.4 Å². The van der Waals surface area contributed by atoms with Crippen LogP contribution >= 0.6 is 11.3 Å². The van der Waals surface area contributed by atoms with Gasteiger partial charge in [-0.25, -0.2) is 18.4 Å². The highest BCUT2D eigenvalue weighted by Crippen LogP contribution is 2.44. The zero-order valence-electron chi connectivity index (χ0n) is 20.9.